The highest BCUT2D eigenvalue weighted by molar-refractivity contribution is 7.89. The number of amides is 1. The number of hydrogen-bond acceptors (Lipinski definition) is 3. The van der Waals surface area contributed by atoms with Crippen molar-refractivity contribution >= 4 is 15.9 Å². The Balaban J connectivity index is 3.00. The number of carbonyl (C=O) groups excluding carboxylic acids is 1. The van der Waals surface area contributed by atoms with Crippen LogP contribution in [0.25, 0.3) is 0 Å². The van der Waals surface area contributed by atoms with Crippen molar-refractivity contribution in [1.82, 2.24) is 4.90 Å². The molecule has 5 nitrogen and oxygen atoms in total. The summed E-state index contributed by atoms with van der Waals surface area (Å²) in [7, 11) is -2.02. The second-order valence-electron chi connectivity index (χ2n) is 3.39. The maximum atomic E-state index is 11.7. The molecule has 0 unspecified atom stereocenters. The molecule has 1 aromatic carbocycles. The van der Waals surface area contributed by atoms with E-state index in [0.29, 0.717) is 12.1 Å². The van der Waals surface area contributed by atoms with Gasteiger partial charge in [0, 0.05) is 19.2 Å². The fraction of sp³-hybridized carbons (Fsp3) is 0.300. The number of benzene rings is 1. The maximum absolute atomic E-state index is 11.7. The van der Waals surface area contributed by atoms with E-state index >= 15 is 0 Å². The summed E-state index contributed by atoms with van der Waals surface area (Å²) in [6, 6.07) is 5.56. The summed E-state index contributed by atoms with van der Waals surface area (Å²) in [6.07, 6.45) is 0. The van der Waals surface area contributed by atoms with E-state index in [1.807, 2.05) is 6.92 Å². The summed E-state index contributed by atoms with van der Waals surface area (Å²) in [5.41, 5.74) is 0.441. The van der Waals surface area contributed by atoms with Gasteiger partial charge in [0.1, 0.15) is 0 Å². The van der Waals surface area contributed by atoms with Gasteiger partial charge in [-0.2, -0.15) is 0 Å². The second-order valence-corrected chi connectivity index (χ2v) is 4.95. The van der Waals surface area contributed by atoms with Crippen LogP contribution in [0.3, 0.4) is 0 Å². The standard InChI is InChI=1S/C10H14N2O3S/c1-3-12(2)10(13)8-4-6-9(7-5-8)16(11,14)15/h4-7H,3H2,1-2H3,(H2,11,14,15). The number of sulfonamides is 1. The minimum Gasteiger partial charge on any atom is -0.342 e. The van der Waals surface area contributed by atoms with E-state index in [1.165, 1.54) is 29.2 Å². The Labute approximate surface area is 94.9 Å². The molecule has 0 heterocycles. The van der Waals surface area contributed by atoms with Crippen molar-refractivity contribution in [1.29, 1.82) is 0 Å². The quantitative estimate of drug-likeness (QED) is 0.834. The smallest absolute Gasteiger partial charge is 0.253 e. The van der Waals surface area contributed by atoms with E-state index in [4.69, 9.17) is 5.14 Å². The van der Waals surface area contributed by atoms with Gasteiger partial charge in [-0.05, 0) is 31.2 Å². The molecule has 0 aliphatic heterocycles. The molecule has 16 heavy (non-hydrogen) atoms. The predicted molar refractivity (Wildman–Crippen MR) is 60.4 cm³/mol. The Morgan fingerprint density at radius 1 is 1.31 bits per heavy atom. The molecule has 0 saturated heterocycles. The summed E-state index contributed by atoms with van der Waals surface area (Å²) in [5.74, 6) is -0.150. The largest absolute Gasteiger partial charge is 0.342 e. The third-order valence-corrected chi connectivity index (χ3v) is 3.18. The summed E-state index contributed by atoms with van der Waals surface area (Å²) in [5, 5.41) is 4.95. The van der Waals surface area contributed by atoms with Crippen LogP contribution in [-0.4, -0.2) is 32.8 Å². The lowest BCUT2D eigenvalue weighted by atomic mass is 10.2. The molecule has 0 saturated carbocycles. The van der Waals surface area contributed by atoms with Gasteiger partial charge in [0.15, 0.2) is 0 Å². The maximum Gasteiger partial charge on any atom is 0.253 e. The van der Waals surface area contributed by atoms with Gasteiger partial charge in [-0.25, -0.2) is 13.6 Å². The first kappa shape index (κ1) is 12.7. The van der Waals surface area contributed by atoms with E-state index in [2.05, 4.69) is 0 Å². The van der Waals surface area contributed by atoms with Gasteiger partial charge < -0.3 is 4.90 Å². The molecule has 0 aliphatic carbocycles. The van der Waals surface area contributed by atoms with Crippen molar-refractivity contribution in [3.63, 3.8) is 0 Å². The Bertz CT molecular complexity index is 479. The number of rotatable bonds is 3. The zero-order valence-corrected chi connectivity index (χ0v) is 9.99. The highest BCUT2D eigenvalue weighted by Crippen LogP contribution is 2.10. The number of primary sulfonamides is 1. The monoisotopic (exact) mass is 242 g/mol. The highest BCUT2D eigenvalue weighted by atomic mass is 32.2. The first-order valence-corrected chi connectivity index (χ1v) is 6.29. The predicted octanol–water partition coefficient (Wildman–Crippen LogP) is 0.426. The van der Waals surface area contributed by atoms with Gasteiger partial charge in [0.25, 0.3) is 5.91 Å². The molecule has 0 radical (unpaired) electrons. The van der Waals surface area contributed by atoms with Gasteiger partial charge in [0.05, 0.1) is 4.90 Å². The first-order chi connectivity index (χ1) is 7.36. The lowest BCUT2D eigenvalue weighted by molar-refractivity contribution is 0.0802. The average molecular weight is 242 g/mol. The molecule has 1 rings (SSSR count). The summed E-state index contributed by atoms with van der Waals surface area (Å²) in [4.78, 5) is 13.2. The number of nitrogens with two attached hydrogens (primary N) is 1. The third kappa shape index (κ3) is 2.80. The van der Waals surface area contributed by atoms with Crippen molar-refractivity contribution in [2.75, 3.05) is 13.6 Å². The lowest BCUT2D eigenvalue weighted by Crippen LogP contribution is -2.26. The minimum atomic E-state index is -3.70. The van der Waals surface area contributed by atoms with E-state index in [-0.39, 0.29) is 10.8 Å². The van der Waals surface area contributed by atoms with Crippen LogP contribution < -0.4 is 5.14 Å². The van der Waals surface area contributed by atoms with Gasteiger partial charge >= 0.3 is 0 Å². The van der Waals surface area contributed by atoms with Crippen LogP contribution in [0.5, 0.6) is 0 Å². The zero-order chi connectivity index (χ0) is 12.3. The SMILES string of the molecule is CCN(C)C(=O)c1ccc(S(N)(=O)=O)cc1. The molecule has 0 spiro atoms. The van der Waals surface area contributed by atoms with E-state index < -0.39 is 10.0 Å². The first-order valence-electron chi connectivity index (χ1n) is 4.74. The summed E-state index contributed by atoms with van der Waals surface area (Å²) < 4.78 is 22.0. The Morgan fingerprint density at radius 2 is 1.81 bits per heavy atom. The molecule has 0 fully saturated rings. The van der Waals surface area contributed by atoms with Gasteiger partial charge in [-0.1, -0.05) is 0 Å². The topological polar surface area (TPSA) is 80.5 Å². The van der Waals surface area contributed by atoms with Crippen molar-refractivity contribution in [2.24, 2.45) is 5.14 Å². The molecule has 2 N–H and O–H groups in total. The number of nitrogens with zero attached hydrogens (tertiary/aromatic N) is 1. The van der Waals surface area contributed by atoms with Crippen LogP contribution in [0, 0.1) is 0 Å². The minimum absolute atomic E-state index is 0.00296. The van der Waals surface area contributed by atoms with E-state index in [1.54, 1.807) is 7.05 Å². The molecule has 0 bridgehead atoms. The van der Waals surface area contributed by atoms with Crippen LogP contribution in [-0.2, 0) is 10.0 Å². The van der Waals surface area contributed by atoms with Crippen molar-refractivity contribution in [3.05, 3.63) is 29.8 Å². The molecule has 6 heteroatoms. The third-order valence-electron chi connectivity index (χ3n) is 2.25. The molecule has 0 aliphatic rings. The fourth-order valence-electron chi connectivity index (χ4n) is 1.15. The molecule has 1 aromatic rings. The van der Waals surface area contributed by atoms with Crippen molar-refractivity contribution in [2.45, 2.75) is 11.8 Å². The molecule has 1 amide bonds. The van der Waals surface area contributed by atoms with Crippen LogP contribution in [0.1, 0.15) is 17.3 Å². The molecule has 0 atom stereocenters. The normalized spacial score (nSPS) is 11.2. The molecular weight excluding hydrogens is 228 g/mol. The Hall–Kier alpha value is -1.40. The number of hydrogen-bond donors (Lipinski definition) is 1. The number of carbonyl (C=O) groups is 1. The summed E-state index contributed by atoms with van der Waals surface area (Å²) in [6.45, 7) is 2.45. The van der Waals surface area contributed by atoms with Crippen LogP contribution in [0.4, 0.5) is 0 Å². The van der Waals surface area contributed by atoms with Gasteiger partial charge in [-0.3, -0.25) is 4.79 Å². The molecular formula is C10H14N2O3S. The fourth-order valence-corrected chi connectivity index (χ4v) is 1.67. The van der Waals surface area contributed by atoms with E-state index in [9.17, 15) is 13.2 Å². The van der Waals surface area contributed by atoms with Gasteiger partial charge in [0.2, 0.25) is 10.0 Å². The van der Waals surface area contributed by atoms with Gasteiger partial charge in [-0.15, -0.1) is 0 Å². The molecule has 88 valence electrons. The molecule has 0 aromatic heterocycles. The second kappa shape index (κ2) is 4.63. The Kier molecular flexibility index (Phi) is 3.66. The highest BCUT2D eigenvalue weighted by Gasteiger charge is 2.12. The van der Waals surface area contributed by atoms with Crippen molar-refractivity contribution < 1.29 is 13.2 Å². The zero-order valence-electron chi connectivity index (χ0n) is 9.17. The van der Waals surface area contributed by atoms with E-state index in [0.717, 1.165) is 0 Å². The summed E-state index contributed by atoms with van der Waals surface area (Å²) >= 11 is 0. The average Bonchev–Trinajstić information content (AvgIpc) is 2.26. The Morgan fingerprint density at radius 3 is 2.19 bits per heavy atom. The van der Waals surface area contributed by atoms with Crippen LogP contribution in [0.2, 0.25) is 0 Å². The lowest BCUT2D eigenvalue weighted by Gasteiger charge is -2.14. The van der Waals surface area contributed by atoms with Crippen LogP contribution >= 0.6 is 0 Å². The van der Waals surface area contributed by atoms with Crippen LogP contribution in [0.15, 0.2) is 29.2 Å². The van der Waals surface area contributed by atoms with Crippen molar-refractivity contribution in [3.8, 4) is 0 Å².